The largest absolute Gasteiger partial charge is 0.481 e. The molecule has 8 heteroatoms. The first kappa shape index (κ1) is 15.7. The Balaban J connectivity index is 1.80. The standard InChI is InChI=1S/C12H22N2O5S/c15-12(16)11-3-5-14(6-4-11)20(17,18)13-8-10-2-1-7-19-9-10/h10-11,13H,1-9H2,(H,15,16). The Bertz CT molecular complexity index is 425. The molecule has 2 heterocycles. The molecule has 2 aliphatic heterocycles. The van der Waals surface area contributed by atoms with Crippen LogP contribution in [-0.4, -0.2) is 56.6 Å². The van der Waals surface area contributed by atoms with Crippen molar-refractivity contribution in [1.29, 1.82) is 0 Å². The lowest BCUT2D eigenvalue weighted by atomic mass is 9.99. The second-order valence-electron chi connectivity index (χ2n) is 5.45. The van der Waals surface area contributed by atoms with Crippen LogP contribution in [0.1, 0.15) is 25.7 Å². The van der Waals surface area contributed by atoms with Gasteiger partial charge in [-0.25, -0.2) is 4.72 Å². The van der Waals surface area contributed by atoms with Gasteiger partial charge >= 0.3 is 5.97 Å². The molecular formula is C12H22N2O5S. The zero-order valence-corrected chi connectivity index (χ0v) is 12.3. The third kappa shape index (κ3) is 4.15. The lowest BCUT2D eigenvalue weighted by Gasteiger charge is -2.30. The Labute approximate surface area is 119 Å². The van der Waals surface area contributed by atoms with Crippen molar-refractivity contribution in [3.63, 3.8) is 0 Å². The lowest BCUT2D eigenvalue weighted by Crippen LogP contribution is -2.47. The van der Waals surface area contributed by atoms with Crippen LogP contribution in [0.3, 0.4) is 0 Å². The van der Waals surface area contributed by atoms with Crippen LogP contribution in [0.4, 0.5) is 0 Å². The molecule has 0 aromatic rings. The molecular weight excluding hydrogens is 284 g/mol. The summed E-state index contributed by atoms with van der Waals surface area (Å²) < 4.78 is 33.5. The van der Waals surface area contributed by atoms with Crippen molar-refractivity contribution in [2.45, 2.75) is 25.7 Å². The highest BCUT2D eigenvalue weighted by Gasteiger charge is 2.31. The van der Waals surface area contributed by atoms with Gasteiger partial charge in [-0.05, 0) is 31.6 Å². The molecule has 0 spiro atoms. The monoisotopic (exact) mass is 306 g/mol. The lowest BCUT2D eigenvalue weighted by molar-refractivity contribution is -0.142. The van der Waals surface area contributed by atoms with Gasteiger partial charge in [-0.15, -0.1) is 0 Å². The van der Waals surface area contributed by atoms with Gasteiger partial charge in [-0.1, -0.05) is 0 Å². The molecule has 2 rings (SSSR count). The highest BCUT2D eigenvalue weighted by molar-refractivity contribution is 7.87. The molecule has 2 N–H and O–H groups in total. The first-order valence-corrected chi connectivity index (χ1v) is 8.48. The van der Waals surface area contributed by atoms with Crippen LogP contribution in [0.5, 0.6) is 0 Å². The average Bonchev–Trinajstić information content (AvgIpc) is 2.46. The van der Waals surface area contributed by atoms with E-state index >= 15 is 0 Å². The summed E-state index contributed by atoms with van der Waals surface area (Å²) in [6, 6.07) is 0. The van der Waals surface area contributed by atoms with Crippen LogP contribution in [0.15, 0.2) is 0 Å². The molecule has 20 heavy (non-hydrogen) atoms. The van der Waals surface area contributed by atoms with Gasteiger partial charge in [0.05, 0.1) is 12.5 Å². The maximum absolute atomic E-state index is 12.1. The molecule has 0 radical (unpaired) electrons. The fourth-order valence-corrected chi connectivity index (χ4v) is 3.95. The van der Waals surface area contributed by atoms with Gasteiger partial charge in [0.25, 0.3) is 10.2 Å². The quantitative estimate of drug-likeness (QED) is 0.748. The van der Waals surface area contributed by atoms with Crippen molar-refractivity contribution in [2.24, 2.45) is 11.8 Å². The second kappa shape index (κ2) is 6.84. The fraction of sp³-hybridized carbons (Fsp3) is 0.917. The summed E-state index contributed by atoms with van der Waals surface area (Å²) in [5.74, 6) is -1.03. The number of nitrogens with one attached hydrogen (secondary N) is 1. The topological polar surface area (TPSA) is 95.9 Å². The van der Waals surface area contributed by atoms with Crippen molar-refractivity contribution in [3.05, 3.63) is 0 Å². The van der Waals surface area contributed by atoms with Gasteiger partial charge in [0.1, 0.15) is 0 Å². The molecule has 116 valence electrons. The Morgan fingerprint density at radius 2 is 2.00 bits per heavy atom. The molecule has 0 saturated carbocycles. The molecule has 2 aliphatic rings. The maximum atomic E-state index is 12.1. The Morgan fingerprint density at radius 3 is 2.55 bits per heavy atom. The minimum Gasteiger partial charge on any atom is -0.481 e. The van der Waals surface area contributed by atoms with Crippen molar-refractivity contribution < 1.29 is 23.1 Å². The minimum absolute atomic E-state index is 0.232. The summed E-state index contributed by atoms with van der Waals surface area (Å²) in [6.07, 6.45) is 2.70. The predicted octanol–water partition coefficient (Wildman–Crippen LogP) is 0.0440. The number of carboxylic acid groups (broad SMARTS) is 1. The third-order valence-electron chi connectivity index (χ3n) is 3.95. The number of carbonyl (C=O) groups is 1. The van der Waals surface area contributed by atoms with Gasteiger partial charge in [0.2, 0.25) is 0 Å². The first-order valence-electron chi connectivity index (χ1n) is 7.04. The van der Waals surface area contributed by atoms with E-state index in [0.717, 1.165) is 19.4 Å². The summed E-state index contributed by atoms with van der Waals surface area (Å²) in [5.41, 5.74) is 0. The number of hydrogen-bond acceptors (Lipinski definition) is 4. The van der Waals surface area contributed by atoms with Crippen molar-refractivity contribution in [2.75, 3.05) is 32.8 Å². The van der Waals surface area contributed by atoms with E-state index in [-0.39, 0.29) is 19.0 Å². The number of aliphatic carboxylic acids is 1. The summed E-state index contributed by atoms with van der Waals surface area (Å²) in [5, 5.41) is 8.90. The molecule has 2 saturated heterocycles. The highest BCUT2D eigenvalue weighted by atomic mass is 32.2. The van der Waals surface area contributed by atoms with E-state index in [0.29, 0.717) is 26.0 Å². The van der Waals surface area contributed by atoms with Crippen LogP contribution in [0.2, 0.25) is 0 Å². The van der Waals surface area contributed by atoms with Crippen molar-refractivity contribution >= 4 is 16.2 Å². The van der Waals surface area contributed by atoms with Gasteiger partial charge in [-0.3, -0.25) is 4.79 Å². The molecule has 0 bridgehead atoms. The molecule has 2 fully saturated rings. The van der Waals surface area contributed by atoms with E-state index < -0.39 is 22.1 Å². The summed E-state index contributed by atoms with van der Waals surface area (Å²) in [4.78, 5) is 10.8. The highest BCUT2D eigenvalue weighted by Crippen LogP contribution is 2.19. The fourth-order valence-electron chi connectivity index (χ4n) is 2.63. The molecule has 0 aliphatic carbocycles. The Morgan fingerprint density at radius 1 is 1.30 bits per heavy atom. The predicted molar refractivity (Wildman–Crippen MR) is 72.4 cm³/mol. The van der Waals surface area contributed by atoms with E-state index in [2.05, 4.69) is 4.72 Å². The van der Waals surface area contributed by atoms with Gasteiger partial charge in [-0.2, -0.15) is 12.7 Å². The summed E-state index contributed by atoms with van der Waals surface area (Å²) in [6.45, 7) is 2.29. The smallest absolute Gasteiger partial charge is 0.306 e. The molecule has 1 unspecified atom stereocenters. The van der Waals surface area contributed by atoms with Gasteiger partial charge in [0, 0.05) is 26.2 Å². The van der Waals surface area contributed by atoms with Gasteiger partial charge < -0.3 is 9.84 Å². The van der Waals surface area contributed by atoms with E-state index in [4.69, 9.17) is 9.84 Å². The minimum atomic E-state index is -3.50. The van der Waals surface area contributed by atoms with Crippen molar-refractivity contribution in [1.82, 2.24) is 9.03 Å². The molecule has 0 amide bonds. The van der Waals surface area contributed by atoms with Crippen molar-refractivity contribution in [3.8, 4) is 0 Å². The van der Waals surface area contributed by atoms with E-state index in [1.807, 2.05) is 0 Å². The third-order valence-corrected chi connectivity index (χ3v) is 5.53. The normalized spacial score (nSPS) is 26.5. The number of rotatable bonds is 5. The first-order chi connectivity index (χ1) is 9.49. The Hall–Kier alpha value is -0.700. The number of ether oxygens (including phenoxy) is 1. The zero-order chi connectivity index (χ0) is 14.6. The molecule has 7 nitrogen and oxygen atoms in total. The van der Waals surface area contributed by atoms with Crippen LogP contribution in [0, 0.1) is 11.8 Å². The van der Waals surface area contributed by atoms with Crippen LogP contribution >= 0.6 is 0 Å². The average molecular weight is 306 g/mol. The molecule has 1 atom stereocenters. The second-order valence-corrected chi connectivity index (χ2v) is 7.20. The number of hydrogen-bond donors (Lipinski definition) is 2. The van der Waals surface area contributed by atoms with Crippen LogP contribution in [0.25, 0.3) is 0 Å². The van der Waals surface area contributed by atoms with E-state index in [1.54, 1.807) is 0 Å². The van der Waals surface area contributed by atoms with E-state index in [1.165, 1.54) is 4.31 Å². The maximum Gasteiger partial charge on any atom is 0.306 e. The molecule has 0 aromatic heterocycles. The summed E-state index contributed by atoms with van der Waals surface area (Å²) in [7, 11) is -3.50. The number of piperidine rings is 1. The SMILES string of the molecule is O=C(O)C1CCN(S(=O)(=O)NCC2CCCOC2)CC1. The van der Waals surface area contributed by atoms with E-state index in [9.17, 15) is 13.2 Å². The zero-order valence-electron chi connectivity index (χ0n) is 11.5. The number of carboxylic acids is 1. The number of nitrogens with zero attached hydrogens (tertiary/aromatic N) is 1. The summed E-state index contributed by atoms with van der Waals surface area (Å²) >= 11 is 0. The van der Waals surface area contributed by atoms with Gasteiger partial charge in [0.15, 0.2) is 0 Å². The van der Waals surface area contributed by atoms with Crippen LogP contribution < -0.4 is 4.72 Å². The molecule has 0 aromatic carbocycles. The Kier molecular flexibility index (Phi) is 5.36. The van der Waals surface area contributed by atoms with Crippen LogP contribution in [-0.2, 0) is 19.7 Å².